The van der Waals surface area contributed by atoms with E-state index in [4.69, 9.17) is 0 Å². The molecule has 1 aliphatic rings. The lowest BCUT2D eigenvalue weighted by Crippen LogP contribution is -2.50. The van der Waals surface area contributed by atoms with E-state index >= 15 is 0 Å². The van der Waals surface area contributed by atoms with Crippen molar-refractivity contribution in [1.82, 2.24) is 9.80 Å². The van der Waals surface area contributed by atoms with Crippen molar-refractivity contribution >= 4 is 17.8 Å². The van der Waals surface area contributed by atoms with Crippen LogP contribution in [0.2, 0.25) is 0 Å². The number of ether oxygens (including phenoxy) is 1. The summed E-state index contributed by atoms with van der Waals surface area (Å²) in [4.78, 5) is 40.7. The first-order chi connectivity index (χ1) is 11.7. The summed E-state index contributed by atoms with van der Waals surface area (Å²) >= 11 is 0. The van der Waals surface area contributed by atoms with Crippen molar-refractivity contribution in [3.8, 4) is 0 Å². The van der Waals surface area contributed by atoms with E-state index in [2.05, 4.69) is 4.74 Å². The van der Waals surface area contributed by atoms with Crippen LogP contribution in [0.5, 0.6) is 0 Å². The van der Waals surface area contributed by atoms with E-state index in [1.807, 2.05) is 26.8 Å². The predicted octanol–water partition coefficient (Wildman–Crippen LogP) is 2.29. The van der Waals surface area contributed by atoms with Gasteiger partial charge < -0.3 is 14.5 Å². The van der Waals surface area contributed by atoms with Crippen LogP contribution < -0.4 is 0 Å². The minimum atomic E-state index is -0.666. The quantitative estimate of drug-likeness (QED) is 0.785. The maximum atomic E-state index is 13.2. The standard InChI is InChI=1S/C19H26N2O4/c1-19(2,3)18-20(4)17(24)14(11-12-15(22)25-5)21(18)16(23)13-9-7-6-8-10-13/h6-10,14,18H,11-12H2,1-5H3. The van der Waals surface area contributed by atoms with Crippen molar-refractivity contribution < 1.29 is 19.1 Å². The van der Waals surface area contributed by atoms with E-state index in [0.29, 0.717) is 5.56 Å². The second kappa shape index (κ2) is 7.25. The maximum Gasteiger partial charge on any atom is 0.305 e. The monoisotopic (exact) mass is 346 g/mol. The van der Waals surface area contributed by atoms with Gasteiger partial charge in [0.15, 0.2) is 0 Å². The van der Waals surface area contributed by atoms with Crippen LogP contribution in [0.4, 0.5) is 0 Å². The van der Waals surface area contributed by atoms with E-state index in [0.717, 1.165) is 0 Å². The predicted molar refractivity (Wildman–Crippen MR) is 93.7 cm³/mol. The third-order valence-corrected chi connectivity index (χ3v) is 4.48. The Labute approximate surface area is 148 Å². The molecule has 136 valence electrons. The van der Waals surface area contributed by atoms with Gasteiger partial charge in [-0.3, -0.25) is 14.4 Å². The zero-order valence-electron chi connectivity index (χ0n) is 15.5. The van der Waals surface area contributed by atoms with Gasteiger partial charge in [-0.15, -0.1) is 0 Å². The topological polar surface area (TPSA) is 66.9 Å². The third kappa shape index (κ3) is 3.83. The summed E-state index contributed by atoms with van der Waals surface area (Å²) in [5.74, 6) is -0.733. The van der Waals surface area contributed by atoms with Gasteiger partial charge in [0, 0.05) is 24.4 Å². The van der Waals surface area contributed by atoms with Crippen LogP contribution in [0, 0.1) is 5.41 Å². The number of nitrogens with zero attached hydrogens (tertiary/aromatic N) is 2. The van der Waals surface area contributed by atoms with Crippen molar-refractivity contribution in [2.24, 2.45) is 5.41 Å². The van der Waals surface area contributed by atoms with Crippen molar-refractivity contribution in [3.63, 3.8) is 0 Å². The van der Waals surface area contributed by atoms with Gasteiger partial charge >= 0.3 is 5.97 Å². The minimum absolute atomic E-state index is 0.0934. The van der Waals surface area contributed by atoms with Crippen LogP contribution in [0.15, 0.2) is 30.3 Å². The average Bonchev–Trinajstić information content (AvgIpc) is 2.84. The number of carbonyl (C=O) groups excluding carboxylic acids is 3. The van der Waals surface area contributed by atoms with Crippen LogP contribution >= 0.6 is 0 Å². The summed E-state index contributed by atoms with van der Waals surface area (Å²) in [6.45, 7) is 5.99. The molecule has 0 aromatic heterocycles. The van der Waals surface area contributed by atoms with Crippen LogP contribution in [-0.2, 0) is 14.3 Å². The highest BCUT2D eigenvalue weighted by Crippen LogP contribution is 2.36. The van der Waals surface area contributed by atoms with Crippen molar-refractivity contribution in [1.29, 1.82) is 0 Å². The number of hydrogen-bond donors (Lipinski definition) is 0. The van der Waals surface area contributed by atoms with E-state index in [1.165, 1.54) is 7.11 Å². The Bertz CT molecular complexity index is 651. The van der Waals surface area contributed by atoms with Gasteiger partial charge in [-0.1, -0.05) is 39.0 Å². The molecule has 0 N–H and O–H groups in total. The maximum absolute atomic E-state index is 13.2. The molecule has 25 heavy (non-hydrogen) atoms. The third-order valence-electron chi connectivity index (χ3n) is 4.48. The molecular weight excluding hydrogens is 320 g/mol. The van der Waals surface area contributed by atoms with E-state index in [1.54, 1.807) is 41.1 Å². The highest BCUT2D eigenvalue weighted by molar-refractivity contribution is 6.00. The van der Waals surface area contributed by atoms with Crippen LogP contribution in [0.25, 0.3) is 0 Å². The number of benzene rings is 1. The highest BCUT2D eigenvalue weighted by atomic mass is 16.5. The van der Waals surface area contributed by atoms with E-state index < -0.39 is 6.04 Å². The van der Waals surface area contributed by atoms with Gasteiger partial charge in [0.05, 0.1) is 7.11 Å². The Balaban J connectivity index is 2.40. The van der Waals surface area contributed by atoms with Gasteiger partial charge in [0.1, 0.15) is 12.2 Å². The molecule has 0 aliphatic carbocycles. The number of rotatable bonds is 4. The Morgan fingerprint density at radius 1 is 1.16 bits per heavy atom. The lowest BCUT2D eigenvalue weighted by molar-refractivity contribution is -0.141. The molecule has 0 saturated carbocycles. The lowest BCUT2D eigenvalue weighted by atomic mass is 9.90. The van der Waals surface area contributed by atoms with Crippen molar-refractivity contribution in [2.45, 2.75) is 45.8 Å². The molecule has 1 saturated heterocycles. The molecule has 1 aromatic carbocycles. The summed E-state index contributed by atoms with van der Waals surface area (Å²) < 4.78 is 4.68. The second-order valence-corrected chi connectivity index (χ2v) is 7.40. The fourth-order valence-electron chi connectivity index (χ4n) is 3.43. The molecule has 0 bridgehead atoms. The number of esters is 1. The molecule has 1 fully saturated rings. The normalized spacial score (nSPS) is 20.8. The molecule has 1 aromatic rings. The Morgan fingerprint density at radius 3 is 2.28 bits per heavy atom. The molecule has 2 rings (SSSR count). The Morgan fingerprint density at radius 2 is 1.76 bits per heavy atom. The number of carbonyl (C=O) groups is 3. The number of hydrogen-bond acceptors (Lipinski definition) is 4. The fourth-order valence-corrected chi connectivity index (χ4v) is 3.43. The number of methoxy groups -OCH3 is 1. The first-order valence-electron chi connectivity index (χ1n) is 8.39. The highest BCUT2D eigenvalue weighted by Gasteiger charge is 2.51. The second-order valence-electron chi connectivity index (χ2n) is 7.40. The average molecular weight is 346 g/mol. The molecular formula is C19H26N2O4. The molecule has 1 aliphatic heterocycles. The van der Waals surface area contributed by atoms with Crippen molar-refractivity contribution in [3.05, 3.63) is 35.9 Å². The first kappa shape index (κ1) is 19.0. The molecule has 1 heterocycles. The summed E-state index contributed by atoms with van der Waals surface area (Å²) in [7, 11) is 3.03. The first-order valence-corrected chi connectivity index (χ1v) is 8.39. The SMILES string of the molecule is COC(=O)CCC1C(=O)N(C)C(C(C)(C)C)N1C(=O)c1ccccc1. The van der Waals surface area contributed by atoms with Gasteiger partial charge in [-0.2, -0.15) is 0 Å². The minimum Gasteiger partial charge on any atom is -0.469 e. The summed E-state index contributed by atoms with van der Waals surface area (Å²) in [5, 5.41) is 0. The molecule has 0 spiro atoms. The number of likely N-dealkylation sites (N-methyl/N-ethyl adjacent to an activating group) is 1. The Kier molecular flexibility index (Phi) is 5.50. The smallest absolute Gasteiger partial charge is 0.305 e. The summed E-state index contributed by atoms with van der Waals surface area (Å²) in [5.41, 5.74) is 0.206. The van der Waals surface area contributed by atoms with Gasteiger partial charge in [-0.25, -0.2) is 0 Å². The molecule has 6 heteroatoms. The summed E-state index contributed by atoms with van der Waals surface area (Å²) in [6.07, 6.45) is -0.0349. The fraction of sp³-hybridized carbons (Fsp3) is 0.526. The van der Waals surface area contributed by atoms with E-state index in [-0.39, 0.29) is 42.2 Å². The summed E-state index contributed by atoms with van der Waals surface area (Å²) in [6, 6.07) is 8.24. The lowest BCUT2D eigenvalue weighted by Gasteiger charge is -2.39. The molecule has 2 unspecified atom stereocenters. The zero-order chi connectivity index (χ0) is 18.8. The Hall–Kier alpha value is -2.37. The van der Waals surface area contributed by atoms with E-state index in [9.17, 15) is 14.4 Å². The zero-order valence-corrected chi connectivity index (χ0v) is 15.5. The molecule has 0 radical (unpaired) electrons. The van der Waals surface area contributed by atoms with Crippen LogP contribution in [0.1, 0.15) is 44.0 Å². The largest absolute Gasteiger partial charge is 0.469 e. The van der Waals surface area contributed by atoms with Gasteiger partial charge in [-0.05, 0) is 18.6 Å². The number of amides is 2. The molecule has 2 atom stereocenters. The van der Waals surface area contributed by atoms with Gasteiger partial charge in [0.25, 0.3) is 5.91 Å². The molecule has 6 nitrogen and oxygen atoms in total. The molecule has 2 amide bonds. The van der Waals surface area contributed by atoms with Gasteiger partial charge in [0.2, 0.25) is 5.91 Å². The van der Waals surface area contributed by atoms with Crippen LogP contribution in [0.3, 0.4) is 0 Å². The van der Waals surface area contributed by atoms with Crippen LogP contribution in [-0.4, -0.2) is 53.9 Å². The van der Waals surface area contributed by atoms with Crippen molar-refractivity contribution in [2.75, 3.05) is 14.2 Å².